The van der Waals surface area contributed by atoms with Crippen LogP contribution in [0.4, 0.5) is 10.1 Å². The number of hydrogen-bond donors (Lipinski definition) is 0. The number of halogens is 1. The second kappa shape index (κ2) is 8.90. The van der Waals surface area contributed by atoms with Crippen molar-refractivity contribution in [2.45, 2.75) is 6.54 Å². The maximum atomic E-state index is 14.2. The molecule has 0 saturated carbocycles. The second-order valence-corrected chi connectivity index (χ2v) is 8.22. The maximum absolute atomic E-state index is 14.2. The lowest BCUT2D eigenvalue weighted by Crippen LogP contribution is -2.50. The Morgan fingerprint density at radius 1 is 0.788 bits per heavy atom. The van der Waals surface area contributed by atoms with Crippen molar-refractivity contribution in [3.05, 3.63) is 102 Å². The van der Waals surface area contributed by atoms with Gasteiger partial charge in [-0.05, 0) is 24.3 Å². The molecule has 0 spiro atoms. The smallest absolute Gasteiger partial charge is 0.295 e. The normalized spacial score (nSPS) is 14.0. The van der Waals surface area contributed by atoms with Gasteiger partial charge >= 0.3 is 0 Å². The van der Waals surface area contributed by atoms with Crippen LogP contribution in [0.15, 0.2) is 85.1 Å². The fraction of sp³-hybridized carbons (Fsp3) is 0.185. The number of carbonyl (C=O) groups excluding carboxylic acids is 2. The van der Waals surface area contributed by atoms with Gasteiger partial charge in [0.15, 0.2) is 0 Å². The Labute approximate surface area is 191 Å². The fourth-order valence-electron chi connectivity index (χ4n) is 4.43. The molecule has 5 rings (SSSR count). The molecule has 0 bridgehead atoms. The molecule has 0 N–H and O–H groups in total. The van der Waals surface area contributed by atoms with Crippen LogP contribution in [-0.2, 0) is 11.3 Å². The Kier molecular flexibility index (Phi) is 5.65. The van der Waals surface area contributed by atoms with E-state index in [0.29, 0.717) is 42.7 Å². The summed E-state index contributed by atoms with van der Waals surface area (Å²) in [7, 11) is 0. The highest BCUT2D eigenvalue weighted by Gasteiger charge is 2.29. The Morgan fingerprint density at radius 3 is 2.21 bits per heavy atom. The highest BCUT2D eigenvalue weighted by Crippen LogP contribution is 2.24. The van der Waals surface area contributed by atoms with Crippen molar-refractivity contribution < 1.29 is 14.0 Å². The number of carbonyl (C=O) groups is 2. The van der Waals surface area contributed by atoms with E-state index in [9.17, 15) is 14.0 Å². The molecule has 0 aliphatic carbocycles. The molecule has 0 radical (unpaired) electrons. The van der Waals surface area contributed by atoms with E-state index in [2.05, 4.69) is 4.90 Å². The summed E-state index contributed by atoms with van der Waals surface area (Å²) in [4.78, 5) is 30.2. The molecule has 2 heterocycles. The zero-order chi connectivity index (χ0) is 22.8. The number of para-hydroxylation sites is 2. The highest BCUT2D eigenvalue weighted by molar-refractivity contribution is 6.44. The first-order valence-electron chi connectivity index (χ1n) is 11.1. The molecule has 6 heteroatoms. The van der Waals surface area contributed by atoms with Crippen LogP contribution < -0.4 is 4.90 Å². The van der Waals surface area contributed by atoms with E-state index < -0.39 is 11.7 Å². The van der Waals surface area contributed by atoms with Gasteiger partial charge in [-0.3, -0.25) is 9.59 Å². The Balaban J connectivity index is 1.36. The van der Waals surface area contributed by atoms with Gasteiger partial charge in [0.1, 0.15) is 5.82 Å². The molecule has 0 atom stereocenters. The summed E-state index contributed by atoms with van der Waals surface area (Å²) in [6.07, 6.45) is 1.68. The zero-order valence-corrected chi connectivity index (χ0v) is 18.2. The van der Waals surface area contributed by atoms with Crippen molar-refractivity contribution >= 4 is 28.3 Å². The molecule has 33 heavy (non-hydrogen) atoms. The van der Waals surface area contributed by atoms with E-state index in [1.165, 1.54) is 6.07 Å². The number of piperazine rings is 1. The number of aromatic nitrogens is 1. The van der Waals surface area contributed by atoms with Crippen LogP contribution in [0.3, 0.4) is 0 Å². The van der Waals surface area contributed by atoms with E-state index in [-0.39, 0.29) is 12.4 Å². The third-order valence-corrected chi connectivity index (χ3v) is 6.21. The summed E-state index contributed by atoms with van der Waals surface area (Å²) < 4.78 is 16.1. The van der Waals surface area contributed by atoms with Crippen molar-refractivity contribution in [3.8, 4) is 0 Å². The average Bonchev–Trinajstić information content (AvgIpc) is 3.23. The average molecular weight is 442 g/mol. The standard InChI is InChI=1S/C27H24FN3O2/c28-24-12-6-4-8-20(24)18-31-19-23(22-11-5-7-13-25(22)31)26(32)27(33)30-16-14-29(15-17-30)21-9-2-1-3-10-21/h1-13,19H,14-18H2. The highest BCUT2D eigenvalue weighted by atomic mass is 19.1. The number of rotatable bonds is 5. The van der Waals surface area contributed by atoms with Crippen molar-refractivity contribution in [1.82, 2.24) is 9.47 Å². The molecule has 1 aliphatic heterocycles. The Morgan fingerprint density at radius 2 is 1.45 bits per heavy atom. The summed E-state index contributed by atoms with van der Waals surface area (Å²) in [6.45, 7) is 2.63. The predicted octanol–water partition coefficient (Wildman–Crippen LogP) is 4.36. The lowest BCUT2D eigenvalue weighted by molar-refractivity contribution is -0.126. The van der Waals surface area contributed by atoms with E-state index in [1.807, 2.05) is 59.2 Å². The van der Waals surface area contributed by atoms with E-state index in [4.69, 9.17) is 0 Å². The number of fused-ring (bicyclic) bond motifs is 1. The van der Waals surface area contributed by atoms with Crippen LogP contribution >= 0.6 is 0 Å². The predicted molar refractivity (Wildman–Crippen MR) is 127 cm³/mol. The topological polar surface area (TPSA) is 45.6 Å². The molecule has 0 unspecified atom stereocenters. The van der Waals surface area contributed by atoms with Gasteiger partial charge in [-0.2, -0.15) is 0 Å². The van der Waals surface area contributed by atoms with Gasteiger partial charge in [0.2, 0.25) is 0 Å². The number of ketones is 1. The second-order valence-electron chi connectivity index (χ2n) is 8.22. The number of anilines is 1. The third kappa shape index (κ3) is 4.12. The van der Waals surface area contributed by atoms with Gasteiger partial charge in [0.05, 0.1) is 12.1 Å². The third-order valence-electron chi connectivity index (χ3n) is 6.21. The summed E-state index contributed by atoms with van der Waals surface area (Å²) in [5, 5.41) is 0.704. The molecule has 1 saturated heterocycles. The van der Waals surface area contributed by atoms with Crippen LogP contribution in [-0.4, -0.2) is 47.3 Å². The molecule has 4 aromatic rings. The van der Waals surface area contributed by atoms with E-state index >= 15 is 0 Å². The molecule has 1 aromatic heterocycles. The molecule has 1 amide bonds. The minimum absolute atomic E-state index is 0.282. The van der Waals surface area contributed by atoms with Crippen molar-refractivity contribution in [2.24, 2.45) is 0 Å². The molecule has 1 aliphatic rings. The van der Waals surface area contributed by atoms with Crippen molar-refractivity contribution in [3.63, 3.8) is 0 Å². The van der Waals surface area contributed by atoms with Gasteiger partial charge in [0, 0.05) is 54.5 Å². The monoisotopic (exact) mass is 441 g/mol. The summed E-state index contributed by atoms with van der Waals surface area (Å²) in [5.41, 5.74) is 2.80. The van der Waals surface area contributed by atoms with Crippen LogP contribution in [0.25, 0.3) is 10.9 Å². The number of nitrogens with zero attached hydrogens (tertiary/aromatic N) is 3. The largest absolute Gasteiger partial charge is 0.368 e. The SMILES string of the molecule is O=C(C(=O)N1CCN(c2ccccc2)CC1)c1cn(Cc2ccccc2F)c2ccccc12. The van der Waals surface area contributed by atoms with Gasteiger partial charge in [-0.25, -0.2) is 4.39 Å². The number of benzene rings is 3. The van der Waals surface area contributed by atoms with Crippen LogP contribution in [0.1, 0.15) is 15.9 Å². The quantitative estimate of drug-likeness (QED) is 0.342. The molecule has 5 nitrogen and oxygen atoms in total. The summed E-state index contributed by atoms with van der Waals surface area (Å²) in [6, 6.07) is 24.1. The van der Waals surface area contributed by atoms with Gasteiger partial charge in [-0.15, -0.1) is 0 Å². The fourth-order valence-corrected chi connectivity index (χ4v) is 4.43. The summed E-state index contributed by atoms with van der Waals surface area (Å²) in [5.74, 6) is -1.31. The maximum Gasteiger partial charge on any atom is 0.295 e. The van der Waals surface area contributed by atoms with Gasteiger partial charge in [0.25, 0.3) is 11.7 Å². The molecular weight excluding hydrogens is 417 g/mol. The van der Waals surface area contributed by atoms with Gasteiger partial charge in [-0.1, -0.05) is 54.6 Å². The van der Waals surface area contributed by atoms with Crippen LogP contribution in [0.2, 0.25) is 0 Å². The molecule has 1 fully saturated rings. The van der Waals surface area contributed by atoms with Crippen LogP contribution in [0.5, 0.6) is 0 Å². The van der Waals surface area contributed by atoms with Gasteiger partial charge < -0.3 is 14.4 Å². The van der Waals surface area contributed by atoms with Crippen LogP contribution in [0, 0.1) is 5.82 Å². The van der Waals surface area contributed by atoms with E-state index in [1.54, 1.807) is 29.3 Å². The summed E-state index contributed by atoms with van der Waals surface area (Å²) >= 11 is 0. The zero-order valence-electron chi connectivity index (χ0n) is 18.2. The molecule has 3 aromatic carbocycles. The molecule has 166 valence electrons. The van der Waals surface area contributed by atoms with Crippen molar-refractivity contribution in [1.29, 1.82) is 0 Å². The Bertz CT molecular complexity index is 1310. The first-order chi connectivity index (χ1) is 16.1. The minimum atomic E-state index is -0.522. The van der Waals surface area contributed by atoms with Crippen molar-refractivity contribution in [2.75, 3.05) is 31.1 Å². The number of hydrogen-bond acceptors (Lipinski definition) is 3. The van der Waals surface area contributed by atoms with E-state index in [0.717, 1.165) is 11.2 Å². The minimum Gasteiger partial charge on any atom is -0.368 e. The lowest BCUT2D eigenvalue weighted by Gasteiger charge is -2.35. The lowest BCUT2D eigenvalue weighted by atomic mass is 10.1. The first kappa shape index (κ1) is 20.9. The molecular formula is C27H24FN3O2. The number of Topliss-reactive ketones (excluding diaryl/α,β-unsaturated/α-hetero) is 1. The Hall–Kier alpha value is -3.93. The first-order valence-corrected chi connectivity index (χ1v) is 11.1. The number of amides is 1.